The maximum absolute atomic E-state index is 4.65. The van der Waals surface area contributed by atoms with Crippen molar-refractivity contribution >= 4 is 39.1 Å². The Balaban J connectivity index is 1.66. The third kappa shape index (κ3) is 3.03. The summed E-state index contributed by atoms with van der Waals surface area (Å²) in [6.45, 7) is 0. The number of hydrogen-bond donors (Lipinski definition) is 1. The number of fused-ring (bicyclic) bond motifs is 1. The van der Waals surface area contributed by atoms with E-state index in [-0.39, 0.29) is 0 Å². The summed E-state index contributed by atoms with van der Waals surface area (Å²) in [6, 6.07) is 2.08. The van der Waals surface area contributed by atoms with E-state index in [0.29, 0.717) is 0 Å². The number of nitrogens with zero attached hydrogens (tertiary/aromatic N) is 2. The summed E-state index contributed by atoms with van der Waals surface area (Å²) in [6.07, 6.45) is 5.68. The second-order valence-corrected chi connectivity index (χ2v) is 6.97. The van der Waals surface area contributed by atoms with Gasteiger partial charge in [-0.2, -0.15) is 11.8 Å². The lowest BCUT2D eigenvalue weighted by molar-refractivity contribution is 0.623. The average Bonchev–Trinajstić information content (AvgIpc) is 3.08. The Labute approximate surface area is 122 Å². The van der Waals surface area contributed by atoms with Gasteiger partial charge in [-0.15, -0.1) is 11.3 Å². The number of aromatic nitrogens is 2. The number of thiophene rings is 1. The summed E-state index contributed by atoms with van der Waals surface area (Å²) < 4.78 is 0. The average molecular weight is 293 g/mol. The standard InChI is InChI=1S/C14H19N3S2/c1-15-13-11-6-7-19-14(11)17-12(16-13)9-18-8-10-4-2-3-5-10/h6-7,10H,2-5,8-9H2,1H3,(H,15,16,17). The topological polar surface area (TPSA) is 37.8 Å². The minimum absolute atomic E-state index is 0.930. The fourth-order valence-electron chi connectivity index (χ4n) is 2.65. The number of hydrogen-bond acceptors (Lipinski definition) is 5. The van der Waals surface area contributed by atoms with Crippen LogP contribution in [0.25, 0.3) is 10.2 Å². The third-order valence-electron chi connectivity index (χ3n) is 3.67. The molecule has 0 saturated heterocycles. The summed E-state index contributed by atoms with van der Waals surface area (Å²) in [5.41, 5.74) is 0. The van der Waals surface area contributed by atoms with Gasteiger partial charge in [0.15, 0.2) is 0 Å². The molecule has 0 aliphatic heterocycles. The van der Waals surface area contributed by atoms with E-state index in [1.54, 1.807) is 11.3 Å². The lowest BCUT2D eigenvalue weighted by Crippen LogP contribution is -2.01. The van der Waals surface area contributed by atoms with Crippen LogP contribution in [0.5, 0.6) is 0 Å². The smallest absolute Gasteiger partial charge is 0.142 e. The zero-order chi connectivity index (χ0) is 13.1. The minimum Gasteiger partial charge on any atom is -0.372 e. The molecule has 102 valence electrons. The molecule has 0 radical (unpaired) electrons. The van der Waals surface area contributed by atoms with Crippen molar-refractivity contribution in [1.29, 1.82) is 0 Å². The second-order valence-electron chi connectivity index (χ2n) is 5.04. The first-order valence-corrected chi connectivity index (χ1v) is 8.90. The van der Waals surface area contributed by atoms with Gasteiger partial charge in [0.25, 0.3) is 0 Å². The molecular weight excluding hydrogens is 274 g/mol. The highest BCUT2D eigenvalue weighted by molar-refractivity contribution is 7.98. The molecular formula is C14H19N3S2. The summed E-state index contributed by atoms with van der Waals surface area (Å²) in [5, 5.41) is 6.39. The summed E-state index contributed by atoms with van der Waals surface area (Å²) in [5.74, 6) is 5.05. The molecule has 5 heteroatoms. The molecule has 1 aliphatic carbocycles. The van der Waals surface area contributed by atoms with Crippen LogP contribution in [0.15, 0.2) is 11.4 Å². The Morgan fingerprint density at radius 1 is 1.37 bits per heavy atom. The molecule has 0 aromatic carbocycles. The van der Waals surface area contributed by atoms with E-state index in [2.05, 4.69) is 26.7 Å². The molecule has 1 aliphatic rings. The number of thioether (sulfide) groups is 1. The molecule has 3 rings (SSSR count). The van der Waals surface area contributed by atoms with E-state index in [1.807, 2.05) is 18.8 Å². The Morgan fingerprint density at radius 2 is 2.21 bits per heavy atom. The highest BCUT2D eigenvalue weighted by Crippen LogP contribution is 2.30. The summed E-state index contributed by atoms with van der Waals surface area (Å²) in [4.78, 5) is 10.4. The molecule has 19 heavy (non-hydrogen) atoms. The fraction of sp³-hybridized carbons (Fsp3) is 0.571. The van der Waals surface area contributed by atoms with Crippen molar-refractivity contribution in [2.45, 2.75) is 31.4 Å². The highest BCUT2D eigenvalue weighted by Gasteiger charge is 2.15. The monoisotopic (exact) mass is 293 g/mol. The summed E-state index contributed by atoms with van der Waals surface area (Å²) in [7, 11) is 1.93. The summed E-state index contributed by atoms with van der Waals surface area (Å²) >= 11 is 3.68. The quantitative estimate of drug-likeness (QED) is 0.898. The Morgan fingerprint density at radius 3 is 3.00 bits per heavy atom. The van der Waals surface area contributed by atoms with Gasteiger partial charge in [0.2, 0.25) is 0 Å². The van der Waals surface area contributed by atoms with Gasteiger partial charge in [0.05, 0.1) is 11.1 Å². The van der Waals surface area contributed by atoms with Gasteiger partial charge in [0, 0.05) is 7.05 Å². The first kappa shape index (κ1) is 13.2. The fourth-order valence-corrected chi connectivity index (χ4v) is 4.53. The zero-order valence-electron chi connectivity index (χ0n) is 11.2. The maximum atomic E-state index is 4.65. The SMILES string of the molecule is CNc1nc(CSCC2CCCC2)nc2sccc12. The van der Waals surface area contributed by atoms with Gasteiger partial charge in [-0.1, -0.05) is 12.8 Å². The van der Waals surface area contributed by atoms with Crippen molar-refractivity contribution in [2.75, 3.05) is 18.1 Å². The molecule has 0 unspecified atom stereocenters. The minimum atomic E-state index is 0.930. The van der Waals surface area contributed by atoms with Gasteiger partial charge in [-0.05, 0) is 36.0 Å². The number of rotatable bonds is 5. The predicted molar refractivity (Wildman–Crippen MR) is 85.1 cm³/mol. The molecule has 2 aromatic rings. The van der Waals surface area contributed by atoms with Gasteiger partial charge in [-0.25, -0.2) is 9.97 Å². The van der Waals surface area contributed by atoms with Gasteiger partial charge >= 0.3 is 0 Å². The van der Waals surface area contributed by atoms with Crippen molar-refractivity contribution < 1.29 is 0 Å². The van der Waals surface area contributed by atoms with Crippen molar-refractivity contribution in [3.63, 3.8) is 0 Å². The molecule has 0 atom stereocenters. The van der Waals surface area contributed by atoms with E-state index >= 15 is 0 Å². The molecule has 2 heterocycles. The van der Waals surface area contributed by atoms with Crippen LogP contribution < -0.4 is 5.32 Å². The third-order valence-corrected chi connectivity index (χ3v) is 5.64. The first-order valence-electron chi connectivity index (χ1n) is 6.86. The number of anilines is 1. The van der Waals surface area contributed by atoms with E-state index in [4.69, 9.17) is 0 Å². The van der Waals surface area contributed by atoms with Crippen LogP contribution in [0.3, 0.4) is 0 Å². The van der Waals surface area contributed by atoms with Crippen LogP contribution in [0, 0.1) is 5.92 Å². The van der Waals surface area contributed by atoms with Crippen molar-refractivity contribution in [2.24, 2.45) is 5.92 Å². The highest BCUT2D eigenvalue weighted by atomic mass is 32.2. The predicted octanol–water partition coefficient (Wildman–Crippen LogP) is 4.16. The Hall–Kier alpha value is -0.810. The maximum Gasteiger partial charge on any atom is 0.142 e. The van der Waals surface area contributed by atoms with E-state index < -0.39 is 0 Å². The zero-order valence-corrected chi connectivity index (χ0v) is 12.8. The molecule has 0 bridgehead atoms. The molecule has 2 aromatic heterocycles. The van der Waals surface area contributed by atoms with Crippen LogP contribution in [-0.2, 0) is 5.75 Å². The molecule has 0 amide bonds. The molecule has 3 nitrogen and oxygen atoms in total. The number of nitrogens with one attached hydrogen (secondary N) is 1. The van der Waals surface area contributed by atoms with Crippen molar-refractivity contribution in [3.8, 4) is 0 Å². The van der Waals surface area contributed by atoms with Crippen molar-refractivity contribution in [3.05, 3.63) is 17.3 Å². The van der Waals surface area contributed by atoms with Crippen LogP contribution in [-0.4, -0.2) is 22.8 Å². The largest absolute Gasteiger partial charge is 0.372 e. The lowest BCUT2D eigenvalue weighted by Gasteiger charge is -2.08. The Kier molecular flexibility index (Phi) is 4.23. The Bertz CT molecular complexity index is 547. The van der Waals surface area contributed by atoms with E-state index in [1.165, 1.54) is 31.4 Å². The molecule has 0 spiro atoms. The lowest BCUT2D eigenvalue weighted by atomic mass is 10.1. The van der Waals surface area contributed by atoms with Crippen LogP contribution in [0.1, 0.15) is 31.5 Å². The van der Waals surface area contributed by atoms with Crippen LogP contribution in [0.4, 0.5) is 5.82 Å². The van der Waals surface area contributed by atoms with Crippen LogP contribution in [0.2, 0.25) is 0 Å². The first-order chi connectivity index (χ1) is 9.36. The van der Waals surface area contributed by atoms with Gasteiger partial charge in [0.1, 0.15) is 16.5 Å². The second kappa shape index (κ2) is 6.09. The molecule has 1 fully saturated rings. The van der Waals surface area contributed by atoms with Crippen molar-refractivity contribution in [1.82, 2.24) is 9.97 Å². The molecule has 1 saturated carbocycles. The van der Waals surface area contributed by atoms with Gasteiger partial charge < -0.3 is 5.32 Å². The van der Waals surface area contributed by atoms with E-state index in [0.717, 1.165) is 33.5 Å². The molecule has 1 N–H and O–H groups in total. The normalized spacial score (nSPS) is 16.3. The van der Waals surface area contributed by atoms with E-state index in [9.17, 15) is 0 Å². The van der Waals surface area contributed by atoms with Crippen LogP contribution >= 0.6 is 23.1 Å². The van der Waals surface area contributed by atoms with Gasteiger partial charge in [-0.3, -0.25) is 0 Å².